The van der Waals surface area contributed by atoms with Crippen molar-refractivity contribution >= 4 is 29.3 Å². The molecule has 0 aliphatic carbocycles. The van der Waals surface area contributed by atoms with Gasteiger partial charge in [0.2, 0.25) is 5.78 Å². The molecule has 0 atom stereocenters. The van der Waals surface area contributed by atoms with Crippen LogP contribution in [-0.2, 0) is 9.47 Å². The molecule has 0 radical (unpaired) electrons. The Hall–Kier alpha value is -2.67. The molecule has 25 heavy (non-hydrogen) atoms. The lowest BCUT2D eigenvalue weighted by atomic mass is 10.1. The second kappa shape index (κ2) is 7.94. The molecule has 2 rings (SSSR count). The van der Waals surface area contributed by atoms with Crippen LogP contribution in [0.2, 0.25) is 5.15 Å². The van der Waals surface area contributed by atoms with Crippen LogP contribution >= 0.6 is 11.6 Å². The summed E-state index contributed by atoms with van der Waals surface area (Å²) in [4.78, 5) is 42.8. The minimum Gasteiger partial charge on any atom is -0.462 e. The summed E-state index contributed by atoms with van der Waals surface area (Å²) in [6.45, 7) is 4.76. The molecule has 0 aromatic carbocycles. The highest BCUT2D eigenvalue weighted by molar-refractivity contribution is 6.29. The molecule has 2 heterocycles. The van der Waals surface area contributed by atoms with E-state index in [4.69, 9.17) is 21.1 Å². The molecule has 0 amide bonds. The highest BCUT2D eigenvalue weighted by Crippen LogP contribution is 2.20. The first-order chi connectivity index (χ1) is 11.8. The molecule has 0 bridgehead atoms. The SMILES string of the molecule is CCOC(=O)c1c(C)[nH]c(C(=O)COC(=O)c2ccnc(Cl)c2)c1C. The number of nitrogens with zero attached hydrogens (tertiary/aromatic N) is 1. The number of ketones is 1. The van der Waals surface area contributed by atoms with Crippen molar-refractivity contribution in [1.82, 2.24) is 9.97 Å². The normalized spacial score (nSPS) is 10.4. The van der Waals surface area contributed by atoms with Crippen molar-refractivity contribution in [1.29, 1.82) is 0 Å². The van der Waals surface area contributed by atoms with Gasteiger partial charge < -0.3 is 14.5 Å². The van der Waals surface area contributed by atoms with Crippen LogP contribution < -0.4 is 0 Å². The number of pyridine rings is 1. The van der Waals surface area contributed by atoms with Gasteiger partial charge in [0.25, 0.3) is 0 Å². The molecule has 0 unspecified atom stereocenters. The van der Waals surface area contributed by atoms with E-state index in [1.807, 2.05) is 0 Å². The summed E-state index contributed by atoms with van der Waals surface area (Å²) in [7, 11) is 0. The number of esters is 2. The van der Waals surface area contributed by atoms with Crippen LogP contribution in [-0.4, -0.2) is 40.9 Å². The number of halogens is 1. The van der Waals surface area contributed by atoms with Gasteiger partial charge in [0.15, 0.2) is 6.61 Å². The monoisotopic (exact) mass is 364 g/mol. The molecule has 0 saturated carbocycles. The largest absolute Gasteiger partial charge is 0.462 e. The number of H-pyrrole nitrogens is 1. The predicted molar refractivity (Wildman–Crippen MR) is 90.1 cm³/mol. The van der Waals surface area contributed by atoms with E-state index in [-0.39, 0.29) is 23.0 Å². The van der Waals surface area contributed by atoms with Crippen LogP contribution in [0.25, 0.3) is 0 Å². The van der Waals surface area contributed by atoms with Crippen molar-refractivity contribution in [3.8, 4) is 0 Å². The Kier molecular flexibility index (Phi) is 5.93. The number of Topliss-reactive ketones (excluding diaryl/α,β-unsaturated/α-hetero) is 1. The Morgan fingerprint density at radius 2 is 1.92 bits per heavy atom. The molecule has 7 nitrogen and oxygen atoms in total. The van der Waals surface area contributed by atoms with Gasteiger partial charge in [0, 0.05) is 11.9 Å². The van der Waals surface area contributed by atoms with Crippen LogP contribution in [0.1, 0.15) is 49.4 Å². The average Bonchev–Trinajstić information content (AvgIpc) is 2.87. The van der Waals surface area contributed by atoms with Gasteiger partial charge in [-0.15, -0.1) is 0 Å². The number of hydrogen-bond donors (Lipinski definition) is 1. The summed E-state index contributed by atoms with van der Waals surface area (Å²) in [5.41, 5.74) is 1.70. The van der Waals surface area contributed by atoms with Crippen molar-refractivity contribution in [2.45, 2.75) is 20.8 Å². The first-order valence-corrected chi connectivity index (χ1v) is 7.91. The van der Waals surface area contributed by atoms with E-state index >= 15 is 0 Å². The zero-order valence-corrected chi connectivity index (χ0v) is 14.8. The Morgan fingerprint density at radius 1 is 1.20 bits per heavy atom. The van der Waals surface area contributed by atoms with Gasteiger partial charge in [0.1, 0.15) is 5.15 Å². The molecule has 2 aromatic rings. The fourth-order valence-electron chi connectivity index (χ4n) is 2.35. The third kappa shape index (κ3) is 4.24. The first-order valence-electron chi connectivity index (χ1n) is 7.53. The number of carbonyl (C=O) groups is 3. The van der Waals surface area contributed by atoms with E-state index < -0.39 is 24.3 Å². The lowest BCUT2D eigenvalue weighted by molar-refractivity contribution is 0.0472. The molecule has 0 spiro atoms. The van der Waals surface area contributed by atoms with E-state index in [0.29, 0.717) is 16.8 Å². The number of carbonyl (C=O) groups excluding carboxylic acids is 3. The van der Waals surface area contributed by atoms with Gasteiger partial charge in [-0.25, -0.2) is 14.6 Å². The zero-order chi connectivity index (χ0) is 18.6. The van der Waals surface area contributed by atoms with Gasteiger partial charge in [-0.3, -0.25) is 4.79 Å². The van der Waals surface area contributed by atoms with E-state index in [2.05, 4.69) is 9.97 Å². The lowest BCUT2D eigenvalue weighted by Crippen LogP contribution is -2.15. The zero-order valence-electron chi connectivity index (χ0n) is 14.0. The Bertz CT molecular complexity index is 828. The van der Waals surface area contributed by atoms with Crippen LogP contribution in [0.5, 0.6) is 0 Å². The molecule has 0 saturated heterocycles. The third-order valence-corrected chi connectivity index (χ3v) is 3.70. The van der Waals surface area contributed by atoms with Gasteiger partial charge in [-0.05, 0) is 38.5 Å². The molecule has 132 valence electrons. The van der Waals surface area contributed by atoms with E-state index in [1.165, 1.54) is 18.3 Å². The minimum absolute atomic E-state index is 0.149. The second-order valence-electron chi connectivity index (χ2n) is 5.21. The predicted octanol–water partition coefficient (Wildman–Crippen LogP) is 2.90. The maximum Gasteiger partial charge on any atom is 0.340 e. The van der Waals surface area contributed by atoms with Gasteiger partial charge in [-0.1, -0.05) is 11.6 Å². The summed E-state index contributed by atoms with van der Waals surface area (Å²) in [6, 6.07) is 2.78. The van der Waals surface area contributed by atoms with Crippen LogP contribution in [0, 0.1) is 13.8 Å². The molecule has 0 aliphatic heterocycles. The lowest BCUT2D eigenvalue weighted by Gasteiger charge is -2.05. The van der Waals surface area contributed by atoms with Crippen molar-refractivity contribution in [3.05, 3.63) is 51.6 Å². The molecule has 0 aliphatic rings. The molecule has 0 fully saturated rings. The van der Waals surface area contributed by atoms with Crippen molar-refractivity contribution < 1.29 is 23.9 Å². The van der Waals surface area contributed by atoms with E-state index in [0.717, 1.165) is 0 Å². The summed E-state index contributed by atoms with van der Waals surface area (Å²) in [6.07, 6.45) is 1.37. The fourth-order valence-corrected chi connectivity index (χ4v) is 2.53. The Morgan fingerprint density at radius 3 is 2.56 bits per heavy atom. The molecular formula is C17H17ClN2O5. The highest BCUT2D eigenvalue weighted by Gasteiger charge is 2.23. The second-order valence-corrected chi connectivity index (χ2v) is 5.60. The van der Waals surface area contributed by atoms with Crippen LogP contribution in [0.15, 0.2) is 18.3 Å². The van der Waals surface area contributed by atoms with Crippen molar-refractivity contribution in [2.24, 2.45) is 0 Å². The number of ether oxygens (including phenoxy) is 2. The molecular weight excluding hydrogens is 348 g/mol. The van der Waals surface area contributed by atoms with Gasteiger partial charge in [-0.2, -0.15) is 0 Å². The van der Waals surface area contributed by atoms with Crippen LogP contribution in [0.4, 0.5) is 0 Å². The number of aromatic nitrogens is 2. The topological polar surface area (TPSA) is 98.4 Å². The smallest absolute Gasteiger partial charge is 0.340 e. The Labute approximate surface area is 149 Å². The molecule has 1 N–H and O–H groups in total. The maximum absolute atomic E-state index is 12.3. The summed E-state index contributed by atoms with van der Waals surface area (Å²) >= 11 is 5.71. The van der Waals surface area contributed by atoms with Gasteiger partial charge >= 0.3 is 11.9 Å². The number of nitrogens with one attached hydrogen (secondary N) is 1. The molecule has 2 aromatic heterocycles. The number of aryl methyl sites for hydroxylation is 1. The standard InChI is InChI=1S/C17H17ClN2O5/c1-4-24-17(23)14-9(2)15(20-10(14)3)12(21)8-25-16(22)11-5-6-19-13(18)7-11/h5-7,20H,4,8H2,1-3H3. The number of rotatable bonds is 6. The first kappa shape index (κ1) is 18.7. The average molecular weight is 365 g/mol. The summed E-state index contributed by atoms with van der Waals surface area (Å²) in [5.74, 6) is -1.65. The third-order valence-electron chi connectivity index (χ3n) is 3.49. The minimum atomic E-state index is -0.691. The number of hydrogen-bond acceptors (Lipinski definition) is 6. The van der Waals surface area contributed by atoms with Crippen molar-refractivity contribution in [3.63, 3.8) is 0 Å². The van der Waals surface area contributed by atoms with E-state index in [1.54, 1.807) is 20.8 Å². The quantitative estimate of drug-likeness (QED) is 0.480. The fraction of sp³-hybridized carbons (Fsp3) is 0.294. The van der Waals surface area contributed by atoms with Gasteiger partial charge in [0.05, 0.1) is 23.4 Å². The van der Waals surface area contributed by atoms with Crippen molar-refractivity contribution in [2.75, 3.05) is 13.2 Å². The summed E-state index contributed by atoms with van der Waals surface area (Å²) in [5, 5.41) is 0.149. The van der Waals surface area contributed by atoms with E-state index in [9.17, 15) is 14.4 Å². The highest BCUT2D eigenvalue weighted by atomic mass is 35.5. The maximum atomic E-state index is 12.3. The summed E-state index contributed by atoms with van der Waals surface area (Å²) < 4.78 is 9.98. The molecule has 8 heteroatoms. The Balaban J connectivity index is 2.10. The number of aromatic amines is 1. The van der Waals surface area contributed by atoms with Crippen LogP contribution in [0.3, 0.4) is 0 Å².